The average Bonchev–Trinajstić information content (AvgIpc) is 3.41. The number of amides is 1. The van der Waals surface area contributed by atoms with E-state index in [9.17, 15) is 14.7 Å². The van der Waals surface area contributed by atoms with Gasteiger partial charge in [0.25, 0.3) is 11.7 Å². The molecule has 0 saturated carbocycles. The topological polar surface area (TPSA) is 70.1 Å². The standard InChI is InChI=1S/C25H24N2O4S/c1-26(2)18-10-6-16(7-11-18)22-21(23(28)17-8-12-19(31-3)13-9-17)24(29)25(30)27(22)15-20-5-4-14-32-20/h4-14,22,28H,15H2,1-3H3/b23-21+. The van der Waals surface area contributed by atoms with E-state index in [1.54, 1.807) is 31.4 Å². The van der Waals surface area contributed by atoms with Crippen LogP contribution in [0.25, 0.3) is 5.76 Å². The number of likely N-dealkylation sites (tertiary alicyclic amines) is 1. The molecule has 0 radical (unpaired) electrons. The first-order valence-electron chi connectivity index (χ1n) is 10.1. The van der Waals surface area contributed by atoms with Crippen molar-refractivity contribution in [2.75, 3.05) is 26.1 Å². The number of hydrogen-bond acceptors (Lipinski definition) is 6. The Bertz CT molecular complexity index is 1150. The first kappa shape index (κ1) is 21.6. The molecule has 4 rings (SSSR count). The van der Waals surface area contributed by atoms with E-state index in [-0.39, 0.29) is 11.3 Å². The van der Waals surface area contributed by atoms with Crippen LogP contribution in [0, 0.1) is 0 Å². The quantitative estimate of drug-likeness (QED) is 0.343. The zero-order chi connectivity index (χ0) is 22.8. The highest BCUT2D eigenvalue weighted by atomic mass is 32.1. The number of carbonyl (C=O) groups excluding carboxylic acids is 2. The Morgan fingerprint density at radius 3 is 2.31 bits per heavy atom. The van der Waals surface area contributed by atoms with E-state index in [1.165, 1.54) is 16.2 Å². The van der Waals surface area contributed by atoms with Gasteiger partial charge in [0.15, 0.2) is 0 Å². The summed E-state index contributed by atoms with van der Waals surface area (Å²) < 4.78 is 5.18. The van der Waals surface area contributed by atoms with Gasteiger partial charge in [-0.15, -0.1) is 11.3 Å². The van der Waals surface area contributed by atoms with Gasteiger partial charge < -0.3 is 19.6 Å². The van der Waals surface area contributed by atoms with Crippen LogP contribution in [-0.4, -0.2) is 42.9 Å². The van der Waals surface area contributed by atoms with Crippen LogP contribution in [0.2, 0.25) is 0 Å². The number of ether oxygens (including phenoxy) is 1. The van der Waals surface area contributed by atoms with Crippen molar-refractivity contribution in [3.63, 3.8) is 0 Å². The molecule has 0 bridgehead atoms. The Hall–Kier alpha value is -3.58. The predicted molar refractivity (Wildman–Crippen MR) is 126 cm³/mol. The third-order valence-electron chi connectivity index (χ3n) is 5.53. The molecule has 1 fully saturated rings. The van der Waals surface area contributed by atoms with Crippen molar-refractivity contribution < 1.29 is 19.4 Å². The molecule has 0 spiro atoms. The maximum atomic E-state index is 13.1. The Morgan fingerprint density at radius 1 is 1.06 bits per heavy atom. The zero-order valence-electron chi connectivity index (χ0n) is 18.1. The summed E-state index contributed by atoms with van der Waals surface area (Å²) in [5, 5.41) is 13.1. The predicted octanol–water partition coefficient (Wildman–Crippen LogP) is 4.44. The number of nitrogens with zero attached hydrogens (tertiary/aromatic N) is 2. The molecule has 1 saturated heterocycles. The minimum Gasteiger partial charge on any atom is -0.507 e. The van der Waals surface area contributed by atoms with Crippen molar-refractivity contribution in [1.29, 1.82) is 0 Å². The fraction of sp³-hybridized carbons (Fsp3) is 0.200. The van der Waals surface area contributed by atoms with E-state index in [4.69, 9.17) is 4.74 Å². The summed E-state index contributed by atoms with van der Waals surface area (Å²) in [6.45, 7) is 0.293. The zero-order valence-corrected chi connectivity index (χ0v) is 18.9. The van der Waals surface area contributed by atoms with Gasteiger partial charge in [0, 0.05) is 30.2 Å². The number of ketones is 1. The molecular formula is C25H24N2O4S. The van der Waals surface area contributed by atoms with E-state index >= 15 is 0 Å². The monoisotopic (exact) mass is 448 g/mol. The number of aliphatic hydroxyl groups excluding tert-OH is 1. The lowest BCUT2D eigenvalue weighted by molar-refractivity contribution is -0.140. The van der Waals surface area contributed by atoms with Gasteiger partial charge in [-0.05, 0) is 53.4 Å². The molecule has 164 valence electrons. The van der Waals surface area contributed by atoms with E-state index in [0.29, 0.717) is 17.9 Å². The number of carbonyl (C=O) groups is 2. The first-order valence-corrected chi connectivity index (χ1v) is 11.0. The SMILES string of the molecule is COc1ccc(/C(O)=C2\C(=O)C(=O)N(Cc3cccs3)C2c2ccc(N(C)C)cc2)cc1. The van der Waals surface area contributed by atoms with Crippen molar-refractivity contribution in [1.82, 2.24) is 4.90 Å². The average molecular weight is 449 g/mol. The van der Waals surface area contributed by atoms with Crippen LogP contribution < -0.4 is 9.64 Å². The van der Waals surface area contributed by atoms with Gasteiger partial charge in [-0.1, -0.05) is 18.2 Å². The fourth-order valence-electron chi connectivity index (χ4n) is 3.82. The summed E-state index contributed by atoms with van der Waals surface area (Å²) in [6, 6.07) is 17.6. The number of hydrogen-bond donors (Lipinski definition) is 1. The van der Waals surface area contributed by atoms with Gasteiger partial charge in [-0.25, -0.2) is 0 Å². The lowest BCUT2D eigenvalue weighted by atomic mass is 9.95. The van der Waals surface area contributed by atoms with Crippen molar-refractivity contribution in [2.45, 2.75) is 12.6 Å². The normalized spacial score (nSPS) is 17.6. The molecule has 7 heteroatoms. The van der Waals surface area contributed by atoms with Gasteiger partial charge in [0.1, 0.15) is 11.5 Å². The molecule has 1 aromatic heterocycles. The highest BCUT2D eigenvalue weighted by Gasteiger charge is 2.46. The lowest BCUT2D eigenvalue weighted by Crippen LogP contribution is -2.28. The van der Waals surface area contributed by atoms with Crippen molar-refractivity contribution in [3.05, 3.63) is 87.6 Å². The van der Waals surface area contributed by atoms with E-state index in [1.807, 2.05) is 60.8 Å². The summed E-state index contributed by atoms with van der Waals surface area (Å²) in [5.41, 5.74) is 2.31. The third-order valence-corrected chi connectivity index (χ3v) is 6.40. The Kier molecular flexibility index (Phi) is 6.01. The molecule has 1 aliphatic heterocycles. The van der Waals surface area contributed by atoms with Crippen LogP contribution in [0.1, 0.15) is 22.0 Å². The van der Waals surface area contributed by atoms with E-state index in [0.717, 1.165) is 16.1 Å². The smallest absolute Gasteiger partial charge is 0.295 e. The fourth-order valence-corrected chi connectivity index (χ4v) is 4.52. The molecule has 1 atom stereocenters. The van der Waals surface area contributed by atoms with Gasteiger partial charge in [-0.3, -0.25) is 9.59 Å². The molecule has 1 unspecified atom stereocenters. The van der Waals surface area contributed by atoms with Crippen LogP contribution in [0.15, 0.2) is 71.6 Å². The molecule has 0 aliphatic carbocycles. The molecular weight excluding hydrogens is 424 g/mol. The van der Waals surface area contributed by atoms with Gasteiger partial charge in [0.05, 0.1) is 25.3 Å². The van der Waals surface area contributed by atoms with Crippen LogP contribution in [-0.2, 0) is 16.1 Å². The number of methoxy groups -OCH3 is 1. The highest BCUT2D eigenvalue weighted by molar-refractivity contribution is 7.09. The number of anilines is 1. The number of benzene rings is 2. The number of Topliss-reactive ketones (excluding diaryl/α,β-unsaturated/α-hetero) is 1. The molecule has 1 aliphatic rings. The summed E-state index contributed by atoms with van der Waals surface area (Å²) in [5.74, 6) is -0.858. The van der Waals surface area contributed by atoms with Crippen LogP contribution in [0.5, 0.6) is 5.75 Å². The van der Waals surface area contributed by atoms with Crippen molar-refractivity contribution in [2.24, 2.45) is 0 Å². The van der Waals surface area contributed by atoms with E-state index < -0.39 is 17.7 Å². The number of rotatable bonds is 6. The minimum atomic E-state index is -0.685. The summed E-state index contributed by atoms with van der Waals surface area (Å²) in [6.07, 6.45) is 0. The number of aliphatic hydroxyl groups is 1. The first-order chi connectivity index (χ1) is 15.4. The van der Waals surface area contributed by atoms with Gasteiger partial charge >= 0.3 is 0 Å². The third kappa shape index (κ3) is 3.99. The van der Waals surface area contributed by atoms with Gasteiger partial charge in [-0.2, -0.15) is 0 Å². The lowest BCUT2D eigenvalue weighted by Gasteiger charge is -2.25. The molecule has 6 nitrogen and oxygen atoms in total. The summed E-state index contributed by atoms with van der Waals surface area (Å²) in [7, 11) is 5.45. The Morgan fingerprint density at radius 2 is 1.75 bits per heavy atom. The summed E-state index contributed by atoms with van der Waals surface area (Å²) >= 11 is 1.52. The van der Waals surface area contributed by atoms with Crippen LogP contribution >= 0.6 is 11.3 Å². The second-order valence-electron chi connectivity index (χ2n) is 7.72. The maximum absolute atomic E-state index is 13.1. The molecule has 32 heavy (non-hydrogen) atoms. The Balaban J connectivity index is 1.83. The van der Waals surface area contributed by atoms with Crippen molar-refractivity contribution >= 4 is 34.5 Å². The summed E-state index contributed by atoms with van der Waals surface area (Å²) in [4.78, 5) is 30.6. The second-order valence-corrected chi connectivity index (χ2v) is 8.75. The van der Waals surface area contributed by atoms with Crippen LogP contribution in [0.4, 0.5) is 5.69 Å². The minimum absolute atomic E-state index is 0.0920. The molecule has 3 aromatic rings. The second kappa shape index (κ2) is 8.88. The highest BCUT2D eigenvalue weighted by Crippen LogP contribution is 2.41. The molecule has 1 N–H and O–H groups in total. The van der Waals surface area contributed by atoms with Crippen LogP contribution in [0.3, 0.4) is 0 Å². The molecule has 2 heterocycles. The molecule has 1 amide bonds. The molecule has 2 aromatic carbocycles. The number of thiophene rings is 1. The maximum Gasteiger partial charge on any atom is 0.295 e. The van der Waals surface area contributed by atoms with Gasteiger partial charge in [0.2, 0.25) is 0 Å². The van der Waals surface area contributed by atoms with Crippen molar-refractivity contribution in [3.8, 4) is 5.75 Å². The largest absolute Gasteiger partial charge is 0.507 e. The Labute approximate surface area is 191 Å². The van der Waals surface area contributed by atoms with E-state index in [2.05, 4.69) is 0 Å².